The SMILES string of the molecule is CCCC(CC)n1c(C(C)Cl)nc2cc(C)cnc21. The molecule has 2 heterocycles. The fraction of sp³-hybridized carbons (Fsp3) is 0.600. The zero-order valence-corrected chi connectivity index (χ0v) is 12.9. The predicted molar refractivity (Wildman–Crippen MR) is 80.8 cm³/mol. The molecular formula is C15H22ClN3. The van der Waals surface area contributed by atoms with Gasteiger partial charge in [-0.1, -0.05) is 20.3 Å². The van der Waals surface area contributed by atoms with Crippen LogP contribution < -0.4 is 0 Å². The first-order chi connectivity index (χ1) is 9.08. The molecule has 0 aromatic carbocycles. The lowest BCUT2D eigenvalue weighted by Crippen LogP contribution is -2.12. The van der Waals surface area contributed by atoms with Gasteiger partial charge in [-0.15, -0.1) is 11.6 Å². The van der Waals surface area contributed by atoms with Crippen molar-refractivity contribution in [2.75, 3.05) is 0 Å². The first-order valence-electron chi connectivity index (χ1n) is 7.07. The molecule has 2 aromatic rings. The van der Waals surface area contributed by atoms with E-state index in [9.17, 15) is 0 Å². The number of hydrogen-bond donors (Lipinski definition) is 0. The van der Waals surface area contributed by atoms with Crippen molar-refractivity contribution in [3.63, 3.8) is 0 Å². The van der Waals surface area contributed by atoms with Crippen LogP contribution in [0.3, 0.4) is 0 Å². The smallest absolute Gasteiger partial charge is 0.160 e. The summed E-state index contributed by atoms with van der Waals surface area (Å²) >= 11 is 6.31. The molecule has 4 heteroatoms. The molecule has 0 saturated heterocycles. The maximum atomic E-state index is 6.31. The van der Waals surface area contributed by atoms with Crippen molar-refractivity contribution in [2.45, 2.75) is 58.4 Å². The van der Waals surface area contributed by atoms with Crippen molar-refractivity contribution < 1.29 is 0 Å². The van der Waals surface area contributed by atoms with E-state index in [4.69, 9.17) is 16.6 Å². The number of rotatable bonds is 5. The van der Waals surface area contributed by atoms with Crippen molar-refractivity contribution in [1.29, 1.82) is 0 Å². The van der Waals surface area contributed by atoms with Gasteiger partial charge in [0.15, 0.2) is 5.65 Å². The Hall–Kier alpha value is -1.09. The number of aromatic nitrogens is 3. The van der Waals surface area contributed by atoms with Gasteiger partial charge in [0, 0.05) is 12.2 Å². The third-order valence-corrected chi connectivity index (χ3v) is 3.70. The van der Waals surface area contributed by atoms with E-state index in [1.165, 1.54) is 0 Å². The minimum atomic E-state index is -0.0968. The molecule has 0 bridgehead atoms. The highest BCUT2D eigenvalue weighted by Gasteiger charge is 2.21. The summed E-state index contributed by atoms with van der Waals surface area (Å²) in [5.41, 5.74) is 3.06. The summed E-state index contributed by atoms with van der Waals surface area (Å²) < 4.78 is 2.25. The van der Waals surface area contributed by atoms with Gasteiger partial charge in [0.25, 0.3) is 0 Å². The third-order valence-electron chi connectivity index (χ3n) is 3.51. The minimum absolute atomic E-state index is 0.0968. The summed E-state index contributed by atoms with van der Waals surface area (Å²) in [5.74, 6) is 0.940. The third kappa shape index (κ3) is 2.76. The number of alkyl halides is 1. The molecular weight excluding hydrogens is 258 g/mol. The molecule has 0 N–H and O–H groups in total. The van der Waals surface area contributed by atoms with Gasteiger partial charge < -0.3 is 4.57 Å². The first-order valence-corrected chi connectivity index (χ1v) is 7.50. The van der Waals surface area contributed by atoms with Crippen LogP contribution in [0.1, 0.15) is 62.8 Å². The zero-order valence-electron chi connectivity index (χ0n) is 12.2. The van der Waals surface area contributed by atoms with Crippen molar-refractivity contribution in [1.82, 2.24) is 14.5 Å². The van der Waals surface area contributed by atoms with Crippen LogP contribution in [0, 0.1) is 6.92 Å². The normalized spacial score (nSPS) is 14.8. The molecule has 0 spiro atoms. The quantitative estimate of drug-likeness (QED) is 0.737. The minimum Gasteiger partial charge on any atom is -0.308 e. The van der Waals surface area contributed by atoms with Crippen LogP contribution in [-0.4, -0.2) is 14.5 Å². The molecule has 2 unspecified atom stereocenters. The fourth-order valence-electron chi connectivity index (χ4n) is 2.59. The van der Waals surface area contributed by atoms with Crippen LogP contribution in [0.25, 0.3) is 11.2 Å². The zero-order chi connectivity index (χ0) is 14.0. The second kappa shape index (κ2) is 5.91. The van der Waals surface area contributed by atoms with Gasteiger partial charge >= 0.3 is 0 Å². The summed E-state index contributed by atoms with van der Waals surface area (Å²) in [5, 5.41) is -0.0968. The molecule has 104 valence electrons. The molecule has 0 aliphatic heterocycles. The van der Waals surface area contributed by atoms with Crippen molar-refractivity contribution in [3.05, 3.63) is 23.7 Å². The number of nitrogens with zero attached hydrogens (tertiary/aromatic N) is 3. The number of fused-ring (bicyclic) bond motifs is 1. The number of pyridine rings is 1. The van der Waals surface area contributed by atoms with E-state index in [0.717, 1.165) is 41.8 Å². The van der Waals surface area contributed by atoms with Crippen LogP contribution in [0.15, 0.2) is 12.3 Å². The van der Waals surface area contributed by atoms with Gasteiger partial charge in [-0.2, -0.15) is 0 Å². The van der Waals surface area contributed by atoms with E-state index in [1.54, 1.807) is 0 Å². The van der Waals surface area contributed by atoms with Gasteiger partial charge in [-0.05, 0) is 38.3 Å². The maximum Gasteiger partial charge on any atom is 0.160 e. The monoisotopic (exact) mass is 279 g/mol. The molecule has 0 saturated carbocycles. The summed E-state index contributed by atoms with van der Waals surface area (Å²) in [7, 11) is 0. The summed E-state index contributed by atoms with van der Waals surface area (Å²) in [4.78, 5) is 9.27. The molecule has 0 aliphatic rings. The van der Waals surface area contributed by atoms with E-state index in [0.29, 0.717) is 6.04 Å². The van der Waals surface area contributed by atoms with E-state index >= 15 is 0 Å². The number of aryl methyl sites for hydroxylation is 1. The lowest BCUT2D eigenvalue weighted by atomic mass is 10.1. The Kier molecular flexibility index (Phi) is 4.46. The van der Waals surface area contributed by atoms with Crippen LogP contribution in [0.4, 0.5) is 0 Å². The van der Waals surface area contributed by atoms with Crippen LogP contribution in [0.5, 0.6) is 0 Å². The number of halogens is 1. The van der Waals surface area contributed by atoms with Crippen molar-refractivity contribution >= 4 is 22.8 Å². The average molecular weight is 280 g/mol. The van der Waals surface area contributed by atoms with Crippen molar-refractivity contribution in [3.8, 4) is 0 Å². The van der Waals surface area contributed by atoms with Crippen molar-refractivity contribution in [2.24, 2.45) is 0 Å². The highest BCUT2D eigenvalue weighted by atomic mass is 35.5. The van der Waals surface area contributed by atoms with Gasteiger partial charge in [0.2, 0.25) is 0 Å². The number of hydrogen-bond acceptors (Lipinski definition) is 2. The molecule has 2 atom stereocenters. The molecule has 0 amide bonds. The van der Waals surface area contributed by atoms with Gasteiger partial charge in [-0.25, -0.2) is 9.97 Å². The van der Waals surface area contributed by atoms with Gasteiger partial charge in [-0.3, -0.25) is 0 Å². The fourth-order valence-corrected chi connectivity index (χ4v) is 2.74. The number of imidazole rings is 1. The molecule has 2 rings (SSSR count). The van der Waals surface area contributed by atoms with Crippen LogP contribution >= 0.6 is 11.6 Å². The predicted octanol–water partition coefficient (Wildman–Crippen LogP) is 4.79. The topological polar surface area (TPSA) is 30.7 Å². The van der Waals surface area contributed by atoms with Gasteiger partial charge in [0.1, 0.15) is 11.3 Å². The summed E-state index contributed by atoms with van der Waals surface area (Å²) in [6.07, 6.45) is 5.27. The molecule has 19 heavy (non-hydrogen) atoms. The Morgan fingerprint density at radius 2 is 2.11 bits per heavy atom. The highest BCUT2D eigenvalue weighted by Crippen LogP contribution is 2.30. The summed E-state index contributed by atoms with van der Waals surface area (Å²) in [6, 6.07) is 2.52. The Labute approximate surface area is 120 Å². The highest BCUT2D eigenvalue weighted by molar-refractivity contribution is 6.20. The van der Waals surface area contributed by atoms with E-state index in [-0.39, 0.29) is 5.38 Å². The Balaban J connectivity index is 2.63. The second-order valence-corrected chi connectivity index (χ2v) is 5.82. The second-order valence-electron chi connectivity index (χ2n) is 5.16. The Morgan fingerprint density at radius 3 is 2.68 bits per heavy atom. The lowest BCUT2D eigenvalue weighted by Gasteiger charge is -2.20. The molecule has 2 aromatic heterocycles. The Morgan fingerprint density at radius 1 is 1.37 bits per heavy atom. The maximum absolute atomic E-state index is 6.31. The molecule has 0 radical (unpaired) electrons. The van der Waals surface area contributed by atoms with E-state index in [1.807, 2.05) is 20.0 Å². The van der Waals surface area contributed by atoms with Gasteiger partial charge in [0.05, 0.1) is 5.38 Å². The van der Waals surface area contributed by atoms with Crippen LogP contribution in [-0.2, 0) is 0 Å². The van der Waals surface area contributed by atoms with Crippen LogP contribution in [0.2, 0.25) is 0 Å². The van der Waals surface area contributed by atoms with E-state index < -0.39 is 0 Å². The van der Waals surface area contributed by atoms with E-state index in [2.05, 4.69) is 29.5 Å². The largest absolute Gasteiger partial charge is 0.308 e. The summed E-state index contributed by atoms with van der Waals surface area (Å²) in [6.45, 7) is 8.44. The Bertz CT molecular complexity index is 560. The first kappa shape index (κ1) is 14.3. The standard InChI is InChI=1S/C15H22ClN3/c1-5-7-12(6-2)19-14(11(4)16)18-13-8-10(3)9-17-15(13)19/h8-9,11-12H,5-7H2,1-4H3. The average Bonchev–Trinajstić information content (AvgIpc) is 2.74. The molecule has 3 nitrogen and oxygen atoms in total. The molecule has 0 aliphatic carbocycles. The lowest BCUT2D eigenvalue weighted by molar-refractivity contribution is 0.441. The molecule has 0 fully saturated rings.